The number of aryl methyl sites for hydroxylation is 1. The molecule has 0 saturated carbocycles. The number of carbonyl (C=O) groups is 1. The van der Waals surface area contributed by atoms with Gasteiger partial charge in [-0.15, -0.1) is 24.8 Å². The van der Waals surface area contributed by atoms with E-state index in [1.807, 2.05) is 0 Å². The molecule has 2 rings (SSSR count). The van der Waals surface area contributed by atoms with E-state index >= 15 is 0 Å². The van der Waals surface area contributed by atoms with Crippen molar-refractivity contribution in [2.24, 2.45) is 11.8 Å². The van der Waals surface area contributed by atoms with Gasteiger partial charge in [0.2, 0.25) is 5.91 Å². The van der Waals surface area contributed by atoms with Crippen LogP contribution in [0.15, 0.2) is 24.3 Å². The molecule has 1 aromatic rings. The molecule has 1 heterocycles. The summed E-state index contributed by atoms with van der Waals surface area (Å²) in [4.78, 5) is 14.6. The minimum absolute atomic E-state index is 0. The molecular weight excluding hydrogens is 381 g/mol. The van der Waals surface area contributed by atoms with Gasteiger partial charge in [-0.2, -0.15) is 0 Å². The van der Waals surface area contributed by atoms with Crippen LogP contribution in [0, 0.1) is 11.8 Å². The van der Waals surface area contributed by atoms with Crippen LogP contribution in [0.1, 0.15) is 50.3 Å². The van der Waals surface area contributed by atoms with Crippen molar-refractivity contribution in [3.8, 4) is 0 Å². The lowest BCUT2D eigenvalue weighted by Gasteiger charge is -2.29. The maximum Gasteiger partial charge on any atom is 0.220 e. The Morgan fingerprint density at radius 2 is 1.93 bits per heavy atom. The van der Waals surface area contributed by atoms with Crippen molar-refractivity contribution in [2.45, 2.75) is 45.6 Å². The molecule has 4 nitrogen and oxygen atoms in total. The minimum atomic E-state index is 0. The molecule has 1 aliphatic rings. The third-order valence-corrected chi connectivity index (χ3v) is 5.54. The molecule has 1 aliphatic heterocycles. The molecule has 3 atom stereocenters. The molecule has 0 aromatic heterocycles. The van der Waals surface area contributed by atoms with Gasteiger partial charge in [0, 0.05) is 13.0 Å². The third-order valence-electron chi connectivity index (χ3n) is 5.54. The zero-order valence-corrected chi connectivity index (χ0v) is 18.8. The second-order valence-electron chi connectivity index (χ2n) is 7.67. The summed E-state index contributed by atoms with van der Waals surface area (Å²) in [6.45, 7) is 7.22. The zero-order valence-electron chi connectivity index (χ0n) is 17.2. The highest BCUT2D eigenvalue weighted by molar-refractivity contribution is 5.85. The van der Waals surface area contributed by atoms with Gasteiger partial charge in [-0.3, -0.25) is 4.79 Å². The van der Waals surface area contributed by atoms with E-state index in [0.29, 0.717) is 24.8 Å². The van der Waals surface area contributed by atoms with Crippen LogP contribution in [0.25, 0.3) is 0 Å². The Labute approximate surface area is 177 Å². The van der Waals surface area contributed by atoms with E-state index in [-0.39, 0.29) is 36.8 Å². The standard InChI is InChI=1S/C21H35N3O.2ClH/c1-5-17-8-10-18(11-9-17)20(24(3)4)15-23-21(25)13-16(2)19-7-6-12-22-14-19;;/h8-11,16,19-20,22H,5-7,12-15H2,1-4H3,(H,23,25);2*1H. The summed E-state index contributed by atoms with van der Waals surface area (Å²) >= 11 is 0. The Kier molecular flexibility index (Phi) is 13.0. The molecule has 0 radical (unpaired) electrons. The van der Waals surface area contributed by atoms with Gasteiger partial charge in [-0.1, -0.05) is 38.1 Å². The first-order valence-electron chi connectivity index (χ1n) is 9.74. The van der Waals surface area contributed by atoms with Crippen molar-refractivity contribution in [2.75, 3.05) is 33.7 Å². The SMILES string of the molecule is CCc1ccc(C(CNC(=O)CC(C)C2CCCNC2)N(C)C)cc1.Cl.Cl. The Bertz CT molecular complexity index is 531. The molecule has 0 aliphatic carbocycles. The average Bonchev–Trinajstić information content (AvgIpc) is 2.62. The van der Waals surface area contributed by atoms with Crippen LogP contribution in [0.5, 0.6) is 0 Å². The number of halogens is 2. The first-order chi connectivity index (χ1) is 12.0. The number of amides is 1. The van der Waals surface area contributed by atoms with Crippen molar-refractivity contribution in [3.05, 3.63) is 35.4 Å². The van der Waals surface area contributed by atoms with Crippen LogP contribution >= 0.6 is 24.8 Å². The Morgan fingerprint density at radius 3 is 2.44 bits per heavy atom. The van der Waals surface area contributed by atoms with Gasteiger partial charge >= 0.3 is 0 Å². The largest absolute Gasteiger partial charge is 0.354 e. The molecular formula is C21H37Cl2N3O. The fourth-order valence-electron chi connectivity index (χ4n) is 3.68. The van der Waals surface area contributed by atoms with Gasteiger partial charge in [0.25, 0.3) is 0 Å². The van der Waals surface area contributed by atoms with Crippen molar-refractivity contribution in [3.63, 3.8) is 0 Å². The highest BCUT2D eigenvalue weighted by Gasteiger charge is 2.22. The number of piperidine rings is 1. The van der Waals surface area contributed by atoms with Crippen LogP contribution in [-0.4, -0.2) is 44.5 Å². The van der Waals surface area contributed by atoms with Crippen LogP contribution in [-0.2, 0) is 11.2 Å². The fourth-order valence-corrected chi connectivity index (χ4v) is 3.68. The van der Waals surface area contributed by atoms with Crippen LogP contribution in [0.3, 0.4) is 0 Å². The van der Waals surface area contributed by atoms with Crippen LogP contribution in [0.2, 0.25) is 0 Å². The Morgan fingerprint density at radius 1 is 1.26 bits per heavy atom. The molecule has 0 spiro atoms. The lowest BCUT2D eigenvalue weighted by Crippen LogP contribution is -2.38. The monoisotopic (exact) mass is 417 g/mol. The molecule has 0 bridgehead atoms. The zero-order chi connectivity index (χ0) is 18.2. The molecule has 1 saturated heterocycles. The molecule has 1 aromatic carbocycles. The van der Waals surface area contributed by atoms with E-state index in [4.69, 9.17) is 0 Å². The Hall–Kier alpha value is -0.810. The molecule has 1 amide bonds. The van der Waals surface area contributed by atoms with Gasteiger partial charge < -0.3 is 15.5 Å². The molecule has 27 heavy (non-hydrogen) atoms. The van der Waals surface area contributed by atoms with Crippen molar-refractivity contribution in [1.29, 1.82) is 0 Å². The predicted octanol–water partition coefficient (Wildman–Crippen LogP) is 3.84. The van der Waals surface area contributed by atoms with Gasteiger partial charge in [0.15, 0.2) is 0 Å². The van der Waals surface area contributed by atoms with Crippen LogP contribution < -0.4 is 10.6 Å². The minimum Gasteiger partial charge on any atom is -0.354 e. The third kappa shape index (κ3) is 8.39. The summed E-state index contributed by atoms with van der Waals surface area (Å²) in [5.74, 6) is 1.25. The summed E-state index contributed by atoms with van der Waals surface area (Å²) in [5.41, 5.74) is 2.60. The highest BCUT2D eigenvalue weighted by atomic mass is 35.5. The molecule has 2 N–H and O–H groups in total. The molecule has 6 heteroatoms. The van der Waals surface area contributed by atoms with Gasteiger partial charge in [-0.05, 0) is 69.4 Å². The van der Waals surface area contributed by atoms with Gasteiger partial charge in [0.05, 0.1) is 6.04 Å². The van der Waals surface area contributed by atoms with Crippen molar-refractivity contribution < 1.29 is 4.79 Å². The molecule has 1 fully saturated rings. The van der Waals surface area contributed by atoms with Gasteiger partial charge in [0.1, 0.15) is 0 Å². The predicted molar refractivity (Wildman–Crippen MR) is 119 cm³/mol. The maximum atomic E-state index is 12.4. The second-order valence-corrected chi connectivity index (χ2v) is 7.67. The summed E-state index contributed by atoms with van der Waals surface area (Å²) in [6, 6.07) is 8.96. The number of nitrogens with zero attached hydrogens (tertiary/aromatic N) is 1. The number of hydrogen-bond donors (Lipinski definition) is 2. The molecule has 3 unspecified atom stereocenters. The number of hydrogen-bond acceptors (Lipinski definition) is 3. The first-order valence-corrected chi connectivity index (χ1v) is 9.74. The summed E-state index contributed by atoms with van der Waals surface area (Å²) < 4.78 is 0. The Balaban J connectivity index is 0.00000338. The van der Waals surface area contributed by atoms with E-state index in [1.165, 1.54) is 24.0 Å². The highest BCUT2D eigenvalue weighted by Crippen LogP contribution is 2.23. The number of likely N-dealkylation sites (N-methyl/N-ethyl adjacent to an activating group) is 1. The maximum absolute atomic E-state index is 12.4. The number of benzene rings is 1. The lowest BCUT2D eigenvalue weighted by atomic mass is 9.85. The topological polar surface area (TPSA) is 44.4 Å². The fraction of sp³-hybridized carbons (Fsp3) is 0.667. The van der Waals surface area contributed by atoms with E-state index in [2.05, 4.69) is 67.7 Å². The van der Waals surface area contributed by atoms with E-state index in [0.717, 1.165) is 19.5 Å². The summed E-state index contributed by atoms with van der Waals surface area (Å²) in [5, 5.41) is 6.61. The normalized spacial score (nSPS) is 18.8. The van der Waals surface area contributed by atoms with Gasteiger partial charge in [-0.25, -0.2) is 0 Å². The molecule has 156 valence electrons. The van der Waals surface area contributed by atoms with Crippen LogP contribution in [0.4, 0.5) is 0 Å². The average molecular weight is 418 g/mol. The number of carbonyl (C=O) groups excluding carboxylic acids is 1. The first kappa shape index (κ1) is 26.2. The summed E-state index contributed by atoms with van der Waals surface area (Å²) in [6.07, 6.45) is 4.15. The van der Waals surface area contributed by atoms with E-state index < -0.39 is 0 Å². The number of rotatable bonds is 8. The summed E-state index contributed by atoms with van der Waals surface area (Å²) in [7, 11) is 4.14. The van der Waals surface area contributed by atoms with Crippen molar-refractivity contribution >= 4 is 30.7 Å². The lowest BCUT2D eigenvalue weighted by molar-refractivity contribution is -0.122. The smallest absolute Gasteiger partial charge is 0.220 e. The van der Waals surface area contributed by atoms with E-state index in [9.17, 15) is 4.79 Å². The second kappa shape index (κ2) is 13.4. The van der Waals surface area contributed by atoms with Crippen molar-refractivity contribution in [1.82, 2.24) is 15.5 Å². The van der Waals surface area contributed by atoms with E-state index in [1.54, 1.807) is 0 Å². The number of nitrogens with one attached hydrogen (secondary N) is 2. The quantitative estimate of drug-likeness (QED) is 0.674.